The molecule has 2 rings (SSSR count). The Morgan fingerprint density at radius 3 is 2.39 bits per heavy atom. The van der Waals surface area contributed by atoms with Crippen molar-refractivity contribution < 1.29 is 9.59 Å². The summed E-state index contributed by atoms with van der Waals surface area (Å²) < 4.78 is 0. The molecule has 0 atom stereocenters. The number of carbonyl (C=O) groups excluding carboxylic acids is 2. The Morgan fingerprint density at radius 1 is 1.22 bits per heavy atom. The molecular weight excluding hydrogens is 314 g/mol. The zero-order valence-electron chi connectivity index (χ0n) is 14.1. The highest BCUT2D eigenvalue weighted by molar-refractivity contribution is 6.34. The maximum Gasteiger partial charge on any atom is 0.240 e. The van der Waals surface area contributed by atoms with E-state index in [0.29, 0.717) is 30.1 Å². The molecule has 0 bridgehead atoms. The summed E-state index contributed by atoms with van der Waals surface area (Å²) in [6.45, 7) is 5.12. The normalized spacial score (nSPS) is 15.4. The molecule has 5 nitrogen and oxygen atoms in total. The van der Waals surface area contributed by atoms with Crippen molar-refractivity contribution in [3.05, 3.63) is 28.3 Å². The lowest BCUT2D eigenvalue weighted by Gasteiger charge is -2.18. The van der Waals surface area contributed by atoms with Crippen LogP contribution < -0.4 is 10.6 Å². The molecule has 0 unspecified atom stereocenters. The second-order valence-electron chi connectivity index (χ2n) is 6.53. The third-order valence-electron chi connectivity index (χ3n) is 4.13. The molecule has 6 heteroatoms. The predicted molar refractivity (Wildman–Crippen MR) is 92.8 cm³/mol. The molecule has 1 aliphatic carbocycles. The Balaban J connectivity index is 2.04. The van der Waals surface area contributed by atoms with Crippen molar-refractivity contribution in [2.45, 2.75) is 26.7 Å². The molecule has 0 saturated heterocycles. The number of amides is 2. The van der Waals surface area contributed by atoms with Crippen LogP contribution in [0.5, 0.6) is 0 Å². The van der Waals surface area contributed by atoms with Crippen molar-refractivity contribution in [2.24, 2.45) is 5.41 Å². The topological polar surface area (TPSA) is 61.4 Å². The first kappa shape index (κ1) is 17.8. The van der Waals surface area contributed by atoms with Gasteiger partial charge in [0, 0.05) is 13.1 Å². The number of carbonyl (C=O) groups is 2. The van der Waals surface area contributed by atoms with Crippen LogP contribution in [0.4, 0.5) is 5.69 Å². The summed E-state index contributed by atoms with van der Waals surface area (Å²) >= 11 is 6.23. The van der Waals surface area contributed by atoms with Crippen molar-refractivity contribution in [3.8, 4) is 0 Å². The lowest BCUT2D eigenvalue weighted by atomic mass is 10.0. The summed E-state index contributed by atoms with van der Waals surface area (Å²) in [5.41, 5.74) is 1.59. The predicted octanol–water partition coefficient (Wildman–Crippen LogP) is 2.35. The SMILES string of the molecule is Cc1cc(C)c(NC(=O)C2(C(=O)NCCN(C)C)CC2)c(Cl)c1. The number of rotatable bonds is 6. The monoisotopic (exact) mass is 337 g/mol. The molecule has 0 heterocycles. The molecule has 1 aromatic carbocycles. The molecule has 23 heavy (non-hydrogen) atoms. The molecule has 0 aromatic heterocycles. The van der Waals surface area contributed by atoms with Crippen LogP contribution in [0.25, 0.3) is 0 Å². The molecular formula is C17H24ClN3O2. The maximum absolute atomic E-state index is 12.6. The highest BCUT2D eigenvalue weighted by atomic mass is 35.5. The van der Waals surface area contributed by atoms with E-state index in [1.54, 1.807) is 6.07 Å². The minimum atomic E-state index is -0.938. The minimum Gasteiger partial charge on any atom is -0.354 e. The van der Waals surface area contributed by atoms with Gasteiger partial charge in [0.05, 0.1) is 10.7 Å². The highest BCUT2D eigenvalue weighted by Gasteiger charge is 2.56. The minimum absolute atomic E-state index is 0.197. The van der Waals surface area contributed by atoms with Crippen LogP contribution in [0.3, 0.4) is 0 Å². The van der Waals surface area contributed by atoms with Gasteiger partial charge in [-0.05, 0) is 58.0 Å². The molecule has 0 spiro atoms. The number of hydrogen-bond donors (Lipinski definition) is 2. The number of nitrogens with one attached hydrogen (secondary N) is 2. The second kappa shape index (κ2) is 6.89. The summed E-state index contributed by atoms with van der Waals surface area (Å²) in [6, 6.07) is 3.76. The van der Waals surface area contributed by atoms with Gasteiger partial charge < -0.3 is 15.5 Å². The average Bonchev–Trinajstić information content (AvgIpc) is 3.23. The fourth-order valence-electron chi connectivity index (χ4n) is 2.55. The van der Waals surface area contributed by atoms with Gasteiger partial charge in [-0.1, -0.05) is 17.7 Å². The van der Waals surface area contributed by atoms with Crippen molar-refractivity contribution >= 4 is 29.1 Å². The first-order chi connectivity index (χ1) is 10.8. The largest absolute Gasteiger partial charge is 0.354 e. The number of aryl methyl sites for hydroxylation is 2. The zero-order valence-corrected chi connectivity index (χ0v) is 14.9. The van der Waals surface area contributed by atoms with Crippen molar-refractivity contribution in [2.75, 3.05) is 32.5 Å². The standard InChI is InChI=1S/C17H24ClN3O2/c1-11-9-12(2)14(13(18)10-11)20-16(23)17(5-6-17)15(22)19-7-8-21(3)4/h9-10H,5-8H2,1-4H3,(H,19,22)(H,20,23). The third kappa shape index (κ3) is 4.03. The Kier molecular flexibility index (Phi) is 5.32. The van der Waals surface area contributed by atoms with E-state index in [4.69, 9.17) is 11.6 Å². The van der Waals surface area contributed by atoms with Crippen LogP contribution in [0.2, 0.25) is 5.02 Å². The van der Waals surface area contributed by atoms with E-state index in [-0.39, 0.29) is 11.8 Å². The average molecular weight is 338 g/mol. The number of nitrogens with zero attached hydrogens (tertiary/aromatic N) is 1. The van der Waals surface area contributed by atoms with Crippen molar-refractivity contribution in [1.29, 1.82) is 0 Å². The van der Waals surface area contributed by atoms with E-state index in [1.165, 1.54) is 0 Å². The summed E-state index contributed by atoms with van der Waals surface area (Å²) in [4.78, 5) is 26.9. The number of likely N-dealkylation sites (N-methyl/N-ethyl adjacent to an activating group) is 1. The van der Waals surface area contributed by atoms with Crippen LogP contribution in [0.1, 0.15) is 24.0 Å². The first-order valence-corrected chi connectivity index (χ1v) is 8.15. The Morgan fingerprint density at radius 2 is 1.87 bits per heavy atom. The number of anilines is 1. The van der Waals surface area contributed by atoms with Crippen LogP contribution in [-0.4, -0.2) is 43.9 Å². The number of hydrogen-bond acceptors (Lipinski definition) is 3. The Hall–Kier alpha value is -1.59. The van der Waals surface area contributed by atoms with E-state index >= 15 is 0 Å². The van der Waals surface area contributed by atoms with Gasteiger partial charge in [-0.2, -0.15) is 0 Å². The van der Waals surface area contributed by atoms with Gasteiger partial charge in [-0.15, -0.1) is 0 Å². The summed E-state index contributed by atoms with van der Waals surface area (Å²) in [6.07, 6.45) is 1.16. The maximum atomic E-state index is 12.6. The van der Waals surface area contributed by atoms with Gasteiger partial charge in [0.2, 0.25) is 11.8 Å². The van der Waals surface area contributed by atoms with Gasteiger partial charge in [0.25, 0.3) is 0 Å². The number of halogens is 1. The molecule has 0 aliphatic heterocycles. The molecule has 2 N–H and O–H groups in total. The molecule has 1 aliphatic rings. The van der Waals surface area contributed by atoms with E-state index in [2.05, 4.69) is 10.6 Å². The van der Waals surface area contributed by atoms with Crippen LogP contribution in [0.15, 0.2) is 12.1 Å². The highest BCUT2D eigenvalue weighted by Crippen LogP contribution is 2.47. The molecule has 1 saturated carbocycles. The van der Waals surface area contributed by atoms with Gasteiger partial charge >= 0.3 is 0 Å². The lowest BCUT2D eigenvalue weighted by molar-refractivity contribution is -0.134. The van der Waals surface area contributed by atoms with E-state index in [1.807, 2.05) is 38.9 Å². The second-order valence-corrected chi connectivity index (χ2v) is 6.94. The van der Waals surface area contributed by atoms with Gasteiger partial charge in [0.15, 0.2) is 0 Å². The summed E-state index contributed by atoms with van der Waals surface area (Å²) in [5, 5.41) is 6.19. The molecule has 1 aromatic rings. The molecule has 2 amide bonds. The van der Waals surface area contributed by atoms with Gasteiger partial charge in [-0.3, -0.25) is 9.59 Å². The Labute approximate surface area is 142 Å². The van der Waals surface area contributed by atoms with Crippen LogP contribution in [-0.2, 0) is 9.59 Å². The van der Waals surface area contributed by atoms with E-state index in [0.717, 1.165) is 17.7 Å². The van der Waals surface area contributed by atoms with Gasteiger partial charge in [-0.25, -0.2) is 0 Å². The fraction of sp³-hybridized carbons (Fsp3) is 0.529. The van der Waals surface area contributed by atoms with Crippen molar-refractivity contribution in [1.82, 2.24) is 10.2 Å². The molecule has 0 radical (unpaired) electrons. The van der Waals surface area contributed by atoms with Crippen molar-refractivity contribution in [3.63, 3.8) is 0 Å². The van der Waals surface area contributed by atoms with Crippen LogP contribution >= 0.6 is 11.6 Å². The number of benzene rings is 1. The summed E-state index contributed by atoms with van der Waals surface area (Å²) in [7, 11) is 3.88. The summed E-state index contributed by atoms with van der Waals surface area (Å²) in [5.74, 6) is -0.466. The van der Waals surface area contributed by atoms with E-state index in [9.17, 15) is 9.59 Å². The van der Waals surface area contributed by atoms with Crippen LogP contribution in [0, 0.1) is 19.3 Å². The zero-order chi connectivity index (χ0) is 17.2. The fourth-order valence-corrected chi connectivity index (χ4v) is 2.92. The molecule has 126 valence electrons. The first-order valence-electron chi connectivity index (χ1n) is 7.77. The smallest absolute Gasteiger partial charge is 0.240 e. The molecule has 1 fully saturated rings. The third-order valence-corrected chi connectivity index (χ3v) is 4.43. The quantitative estimate of drug-likeness (QED) is 0.783. The van der Waals surface area contributed by atoms with E-state index < -0.39 is 5.41 Å². The lowest BCUT2D eigenvalue weighted by Crippen LogP contribution is -2.42. The Bertz CT molecular complexity index is 601. The van der Waals surface area contributed by atoms with Gasteiger partial charge in [0.1, 0.15) is 5.41 Å².